The maximum atomic E-state index is 13.1. The molecule has 2 unspecified atom stereocenters. The van der Waals surface area contributed by atoms with Crippen molar-refractivity contribution in [1.82, 2.24) is 0 Å². The maximum Gasteiger partial charge on any atom is 0.472 e. The number of esters is 4. The molecule has 0 rings (SSSR count). The smallest absolute Gasteiger partial charge is 0.462 e. The Morgan fingerprint density at radius 1 is 0.280 bits per heavy atom. The number of hydrogen-bond acceptors (Lipinski definition) is 15. The van der Waals surface area contributed by atoms with Crippen LogP contribution in [0, 0.1) is 0 Å². The average molecular weight is 1450 g/mol. The van der Waals surface area contributed by atoms with E-state index in [0.717, 1.165) is 89.9 Å². The van der Waals surface area contributed by atoms with Gasteiger partial charge in [-0.15, -0.1) is 0 Å². The van der Waals surface area contributed by atoms with Gasteiger partial charge < -0.3 is 33.8 Å². The van der Waals surface area contributed by atoms with Gasteiger partial charge in [-0.3, -0.25) is 37.3 Å². The third-order valence-corrected chi connectivity index (χ3v) is 18.5. The van der Waals surface area contributed by atoms with Gasteiger partial charge in [-0.2, -0.15) is 0 Å². The van der Waals surface area contributed by atoms with Gasteiger partial charge in [0, 0.05) is 25.7 Å². The normalized spacial score (nSPS) is 14.4. The molecule has 17 nitrogen and oxygen atoms in total. The third kappa shape index (κ3) is 72.3. The lowest BCUT2D eigenvalue weighted by Crippen LogP contribution is -2.30. The van der Waals surface area contributed by atoms with Crippen LogP contribution in [0.15, 0.2) is 97.2 Å². The number of phosphoric ester groups is 2. The lowest BCUT2D eigenvalue weighted by Gasteiger charge is -2.21. The summed E-state index contributed by atoms with van der Waals surface area (Å²) < 4.78 is 68.4. The van der Waals surface area contributed by atoms with Crippen molar-refractivity contribution >= 4 is 39.5 Å². The molecule has 0 saturated heterocycles. The lowest BCUT2D eigenvalue weighted by molar-refractivity contribution is -0.161. The fourth-order valence-electron chi connectivity index (χ4n) is 10.5. The zero-order valence-corrected chi connectivity index (χ0v) is 64.9. The Morgan fingerprint density at radius 3 is 0.780 bits per heavy atom. The van der Waals surface area contributed by atoms with Gasteiger partial charge in [0.1, 0.15) is 19.3 Å². The molecule has 0 radical (unpaired) electrons. The van der Waals surface area contributed by atoms with E-state index in [4.69, 9.17) is 37.0 Å². The summed E-state index contributed by atoms with van der Waals surface area (Å²) in [5.41, 5.74) is 0. The van der Waals surface area contributed by atoms with Crippen molar-refractivity contribution in [2.75, 3.05) is 39.6 Å². The average Bonchev–Trinajstić information content (AvgIpc) is 0.959. The van der Waals surface area contributed by atoms with Gasteiger partial charge in [0.15, 0.2) is 12.2 Å². The van der Waals surface area contributed by atoms with Crippen LogP contribution in [0.1, 0.15) is 336 Å². The van der Waals surface area contributed by atoms with E-state index in [1.54, 1.807) is 0 Å². The number of carbonyl (C=O) groups excluding carboxylic acids is 4. The fourth-order valence-corrected chi connectivity index (χ4v) is 12.1. The monoisotopic (exact) mass is 1450 g/mol. The molecule has 578 valence electrons. The van der Waals surface area contributed by atoms with Gasteiger partial charge in [0.2, 0.25) is 0 Å². The quantitative estimate of drug-likeness (QED) is 0.0169. The van der Waals surface area contributed by atoms with E-state index in [1.807, 2.05) is 24.3 Å². The number of carbonyl (C=O) groups is 4. The Kier molecular flexibility index (Phi) is 70.4. The van der Waals surface area contributed by atoms with Crippen molar-refractivity contribution in [3.63, 3.8) is 0 Å². The van der Waals surface area contributed by atoms with Crippen LogP contribution in [0.4, 0.5) is 0 Å². The van der Waals surface area contributed by atoms with Gasteiger partial charge in [-0.1, -0.05) is 305 Å². The number of ether oxygens (including phenoxy) is 4. The van der Waals surface area contributed by atoms with E-state index in [2.05, 4.69) is 101 Å². The van der Waals surface area contributed by atoms with Crippen molar-refractivity contribution < 1.29 is 80.2 Å². The molecule has 0 aromatic carbocycles. The summed E-state index contributed by atoms with van der Waals surface area (Å²) in [6.07, 6.45) is 76.9. The molecule has 19 heteroatoms. The first-order chi connectivity index (χ1) is 48.7. The van der Waals surface area contributed by atoms with Crippen LogP contribution in [0.25, 0.3) is 0 Å². The first-order valence-electron chi connectivity index (χ1n) is 39.5. The maximum absolute atomic E-state index is 13.1. The molecule has 0 fully saturated rings. The molecule has 4 atom stereocenters. The van der Waals surface area contributed by atoms with Gasteiger partial charge in [-0.05, 0) is 103 Å². The second-order valence-corrected chi connectivity index (χ2v) is 29.2. The highest BCUT2D eigenvalue weighted by Crippen LogP contribution is 2.45. The predicted molar refractivity (Wildman–Crippen MR) is 409 cm³/mol. The SMILES string of the molecule is CCCCC/C=C\C/C=C\C/C=C\C/C=C\CCCC(=O)O[C@H](COC(=O)CCCCCCCCCCCCCCC)COP(=O)(O)OCC(O)COP(=O)(O)OC[C@@H](COC(=O)CCCCCCCCCCCCCCC)OC(=O)CCC/C=C\C/C=C\C/C=C\C/C=C\CCCCC. The molecule has 0 spiro atoms. The van der Waals surface area contributed by atoms with Crippen LogP contribution in [-0.4, -0.2) is 96.7 Å². The molecule has 0 aliphatic carbocycles. The molecular formula is C81H142O17P2. The molecule has 0 aromatic rings. The third-order valence-electron chi connectivity index (χ3n) is 16.6. The predicted octanol–water partition coefficient (Wildman–Crippen LogP) is 22.8. The number of hydrogen-bond donors (Lipinski definition) is 3. The molecule has 0 aliphatic heterocycles. The minimum Gasteiger partial charge on any atom is -0.462 e. The number of aliphatic hydroxyl groups is 1. The van der Waals surface area contributed by atoms with E-state index < -0.39 is 97.5 Å². The minimum atomic E-state index is -4.99. The molecular weight excluding hydrogens is 1310 g/mol. The summed E-state index contributed by atoms with van der Waals surface area (Å²) in [5.74, 6) is -2.29. The van der Waals surface area contributed by atoms with Crippen molar-refractivity contribution in [3.8, 4) is 0 Å². The van der Waals surface area contributed by atoms with Gasteiger partial charge in [-0.25, -0.2) is 9.13 Å². The second-order valence-electron chi connectivity index (χ2n) is 26.3. The highest BCUT2D eigenvalue weighted by molar-refractivity contribution is 7.47. The molecule has 3 N–H and O–H groups in total. The summed E-state index contributed by atoms with van der Waals surface area (Å²) in [5, 5.41) is 10.6. The highest BCUT2D eigenvalue weighted by Gasteiger charge is 2.30. The zero-order valence-electron chi connectivity index (χ0n) is 63.1. The first-order valence-corrected chi connectivity index (χ1v) is 42.5. The number of allylic oxidation sites excluding steroid dienone is 16. The van der Waals surface area contributed by atoms with Crippen molar-refractivity contribution in [2.24, 2.45) is 0 Å². The summed E-state index contributed by atoms with van der Waals surface area (Å²) >= 11 is 0. The number of unbranched alkanes of at least 4 members (excludes halogenated alkanes) is 32. The highest BCUT2D eigenvalue weighted by atomic mass is 31.2. The summed E-state index contributed by atoms with van der Waals surface area (Å²) in [4.78, 5) is 72.9. The minimum absolute atomic E-state index is 0.0198. The standard InChI is InChI=1S/C81H142O17P2/c1-5-9-13-17-21-25-29-33-35-37-39-43-47-51-55-59-63-67-80(85)97-76(71-91-78(83)65-61-57-53-49-45-41-31-27-23-19-15-11-7-3)73-95-99(87,88)93-69-75(82)70-94-100(89,90)96-74-77(72-92-79(84)66-62-58-54-50-46-42-32-28-24-20-16-12-8-4)98-81(86)68-64-60-56-52-48-44-40-38-36-34-30-26-22-18-14-10-6-2/h21-22,25-26,33-36,39-40,43-44,51-52,55-56,75-77,82H,5-20,23-24,27-32,37-38,41-42,45-50,53-54,57-74H2,1-4H3,(H,87,88)(H,89,90)/b25-21-,26-22-,35-33-,36-34-,43-39-,44-40-,55-51-,56-52-/t76-,77-/m1/s1. The summed E-state index contributed by atoms with van der Waals surface area (Å²) in [6, 6.07) is 0. The van der Waals surface area contributed by atoms with Crippen molar-refractivity contribution in [1.29, 1.82) is 0 Å². The fraction of sp³-hybridized carbons (Fsp3) is 0.753. The number of phosphoric acid groups is 2. The lowest BCUT2D eigenvalue weighted by atomic mass is 10.0. The van der Waals surface area contributed by atoms with E-state index >= 15 is 0 Å². The molecule has 0 aromatic heterocycles. The number of aliphatic hydroxyl groups excluding tert-OH is 1. The van der Waals surface area contributed by atoms with Crippen LogP contribution in [0.5, 0.6) is 0 Å². The van der Waals surface area contributed by atoms with Gasteiger partial charge >= 0.3 is 39.5 Å². The van der Waals surface area contributed by atoms with E-state index in [9.17, 15) is 43.2 Å². The Bertz CT molecular complexity index is 2120. The molecule has 100 heavy (non-hydrogen) atoms. The van der Waals surface area contributed by atoms with E-state index in [0.29, 0.717) is 38.5 Å². The van der Waals surface area contributed by atoms with Crippen LogP contribution in [-0.2, 0) is 65.4 Å². The molecule has 0 aliphatic rings. The summed E-state index contributed by atoms with van der Waals surface area (Å²) in [7, 11) is -9.98. The van der Waals surface area contributed by atoms with Gasteiger partial charge in [0.05, 0.1) is 26.4 Å². The summed E-state index contributed by atoms with van der Waals surface area (Å²) in [6.45, 7) is 4.73. The van der Waals surface area contributed by atoms with Crippen LogP contribution in [0.3, 0.4) is 0 Å². The topological polar surface area (TPSA) is 237 Å². The zero-order chi connectivity index (χ0) is 73.2. The Labute approximate surface area is 607 Å². The molecule has 0 heterocycles. The van der Waals surface area contributed by atoms with Crippen molar-refractivity contribution in [3.05, 3.63) is 97.2 Å². The molecule has 0 amide bonds. The first kappa shape index (κ1) is 96.0. The number of rotatable bonds is 74. The van der Waals surface area contributed by atoms with E-state index in [-0.39, 0.29) is 25.7 Å². The van der Waals surface area contributed by atoms with Crippen LogP contribution in [0.2, 0.25) is 0 Å². The second kappa shape index (κ2) is 73.3. The van der Waals surface area contributed by atoms with Crippen LogP contribution >= 0.6 is 15.6 Å². The van der Waals surface area contributed by atoms with Gasteiger partial charge in [0.25, 0.3) is 0 Å². The Morgan fingerprint density at radius 2 is 0.500 bits per heavy atom. The molecule has 0 saturated carbocycles. The Hall–Kier alpha value is -4.02. The van der Waals surface area contributed by atoms with E-state index in [1.165, 1.54) is 154 Å². The largest absolute Gasteiger partial charge is 0.472 e. The molecule has 0 bridgehead atoms. The van der Waals surface area contributed by atoms with Crippen LogP contribution < -0.4 is 0 Å². The Balaban J connectivity index is 5.44. The van der Waals surface area contributed by atoms with Crippen molar-refractivity contribution in [2.45, 2.75) is 354 Å².